The second kappa shape index (κ2) is 7.33. The molecule has 26 heavy (non-hydrogen) atoms. The van der Waals surface area contributed by atoms with Crippen LogP contribution in [0.3, 0.4) is 0 Å². The van der Waals surface area contributed by atoms with E-state index in [4.69, 9.17) is 4.74 Å². The number of para-hydroxylation sites is 1. The average molecular weight is 371 g/mol. The van der Waals surface area contributed by atoms with Crippen molar-refractivity contribution in [3.05, 3.63) is 66.1 Å². The fraction of sp³-hybridized carbons (Fsp3) is 0.250. The molecule has 6 heteroatoms. The van der Waals surface area contributed by atoms with Crippen molar-refractivity contribution in [2.24, 2.45) is 5.92 Å². The van der Waals surface area contributed by atoms with Gasteiger partial charge < -0.3 is 9.64 Å². The average Bonchev–Trinajstić information content (AvgIpc) is 2.97. The molecule has 2 aromatic rings. The highest BCUT2D eigenvalue weighted by Crippen LogP contribution is 2.28. The highest BCUT2D eigenvalue weighted by Gasteiger charge is 2.32. The largest absolute Gasteiger partial charge is 0.457 e. The van der Waals surface area contributed by atoms with Crippen LogP contribution in [-0.2, 0) is 14.6 Å². The molecule has 0 fully saturated rings. The molecule has 0 aromatic heterocycles. The number of carbonyl (C=O) groups is 1. The Morgan fingerprint density at radius 1 is 1.04 bits per heavy atom. The summed E-state index contributed by atoms with van der Waals surface area (Å²) in [6.45, 7) is 3.60. The SMILES string of the molecule is CC(C)C(=O)N(c1ccc(Oc2ccccc2)cc1)C1C=CS(=O)(=O)C1. The van der Waals surface area contributed by atoms with Crippen molar-refractivity contribution >= 4 is 21.4 Å². The lowest BCUT2D eigenvalue weighted by Crippen LogP contribution is -2.43. The lowest BCUT2D eigenvalue weighted by atomic mass is 10.1. The maximum absolute atomic E-state index is 12.7. The second-order valence-electron chi connectivity index (χ2n) is 6.50. The van der Waals surface area contributed by atoms with E-state index in [-0.39, 0.29) is 17.6 Å². The highest BCUT2D eigenvalue weighted by molar-refractivity contribution is 7.94. The molecule has 0 radical (unpaired) electrons. The minimum absolute atomic E-state index is 0.0896. The molecule has 0 N–H and O–H groups in total. The third kappa shape index (κ3) is 4.14. The van der Waals surface area contributed by atoms with Crippen molar-refractivity contribution in [2.45, 2.75) is 19.9 Å². The zero-order valence-electron chi connectivity index (χ0n) is 14.7. The Kier molecular flexibility index (Phi) is 5.13. The third-order valence-electron chi connectivity index (χ3n) is 4.07. The summed E-state index contributed by atoms with van der Waals surface area (Å²) in [4.78, 5) is 14.2. The number of hydrogen-bond donors (Lipinski definition) is 0. The van der Waals surface area contributed by atoms with Gasteiger partial charge >= 0.3 is 0 Å². The van der Waals surface area contributed by atoms with Gasteiger partial charge in [-0.25, -0.2) is 8.42 Å². The number of rotatable bonds is 5. The maximum Gasteiger partial charge on any atom is 0.230 e. The highest BCUT2D eigenvalue weighted by atomic mass is 32.2. The zero-order valence-corrected chi connectivity index (χ0v) is 15.5. The standard InChI is InChI=1S/C20H21NO4S/c1-15(2)20(22)21(17-12-13-26(23,24)14-17)16-8-10-19(11-9-16)25-18-6-4-3-5-7-18/h3-13,15,17H,14H2,1-2H3. The predicted molar refractivity (Wildman–Crippen MR) is 102 cm³/mol. The molecule has 1 aliphatic heterocycles. The molecule has 2 aromatic carbocycles. The third-order valence-corrected chi connectivity index (χ3v) is 5.45. The van der Waals surface area contributed by atoms with E-state index in [1.54, 1.807) is 49.1 Å². The fourth-order valence-electron chi connectivity index (χ4n) is 2.78. The molecule has 0 saturated heterocycles. The maximum atomic E-state index is 12.7. The summed E-state index contributed by atoms with van der Waals surface area (Å²) in [5.41, 5.74) is 0.649. The summed E-state index contributed by atoms with van der Waals surface area (Å²) in [5.74, 6) is 0.917. The van der Waals surface area contributed by atoms with Crippen LogP contribution >= 0.6 is 0 Å². The van der Waals surface area contributed by atoms with Crippen LogP contribution in [0.1, 0.15) is 13.8 Å². The van der Waals surface area contributed by atoms with Crippen molar-refractivity contribution in [3.63, 3.8) is 0 Å². The van der Waals surface area contributed by atoms with E-state index in [0.29, 0.717) is 11.4 Å². The van der Waals surface area contributed by atoms with E-state index < -0.39 is 15.9 Å². The van der Waals surface area contributed by atoms with Crippen molar-refractivity contribution < 1.29 is 17.9 Å². The van der Waals surface area contributed by atoms with Crippen LogP contribution < -0.4 is 9.64 Å². The molecule has 0 bridgehead atoms. The van der Waals surface area contributed by atoms with Crippen molar-refractivity contribution in [2.75, 3.05) is 10.7 Å². The lowest BCUT2D eigenvalue weighted by molar-refractivity contribution is -0.121. The molecule has 5 nitrogen and oxygen atoms in total. The number of ether oxygens (including phenoxy) is 1. The quantitative estimate of drug-likeness (QED) is 0.802. The molecule has 1 amide bonds. The first-order valence-corrected chi connectivity index (χ1v) is 10.1. The van der Waals surface area contributed by atoms with Gasteiger partial charge in [0.1, 0.15) is 11.5 Å². The van der Waals surface area contributed by atoms with Crippen molar-refractivity contribution in [3.8, 4) is 11.5 Å². The van der Waals surface area contributed by atoms with E-state index in [0.717, 1.165) is 5.75 Å². The van der Waals surface area contributed by atoms with Gasteiger partial charge in [0.05, 0.1) is 11.8 Å². The van der Waals surface area contributed by atoms with Crippen LogP contribution in [-0.4, -0.2) is 26.1 Å². The summed E-state index contributed by atoms with van der Waals surface area (Å²) < 4.78 is 29.3. The first-order chi connectivity index (χ1) is 12.4. The van der Waals surface area contributed by atoms with Gasteiger partial charge in [-0.05, 0) is 42.5 Å². The molecule has 0 saturated carbocycles. The number of benzene rings is 2. The monoisotopic (exact) mass is 371 g/mol. The Morgan fingerprint density at radius 3 is 2.19 bits per heavy atom. The number of hydrogen-bond acceptors (Lipinski definition) is 4. The second-order valence-corrected chi connectivity index (χ2v) is 8.43. The fourth-order valence-corrected chi connectivity index (χ4v) is 4.05. The molecule has 1 unspecified atom stereocenters. The molecule has 0 spiro atoms. The van der Waals surface area contributed by atoms with Crippen LogP contribution in [0.25, 0.3) is 0 Å². The van der Waals surface area contributed by atoms with E-state index in [1.165, 1.54) is 5.41 Å². The van der Waals surface area contributed by atoms with Gasteiger partial charge in [0.2, 0.25) is 5.91 Å². The van der Waals surface area contributed by atoms with Gasteiger partial charge in [0.25, 0.3) is 0 Å². The van der Waals surface area contributed by atoms with E-state index in [2.05, 4.69) is 0 Å². The smallest absolute Gasteiger partial charge is 0.230 e. The summed E-state index contributed by atoms with van der Waals surface area (Å²) in [7, 11) is -3.26. The van der Waals surface area contributed by atoms with E-state index in [1.807, 2.05) is 30.3 Å². The normalized spacial score (nSPS) is 18.0. The number of carbonyl (C=O) groups excluding carboxylic acids is 1. The number of anilines is 1. The molecular weight excluding hydrogens is 350 g/mol. The summed E-state index contributed by atoms with van der Waals surface area (Å²) in [5, 5.41) is 1.19. The van der Waals surface area contributed by atoms with Gasteiger partial charge in [0.15, 0.2) is 9.84 Å². The van der Waals surface area contributed by atoms with Crippen molar-refractivity contribution in [1.82, 2.24) is 0 Å². The van der Waals surface area contributed by atoms with Crippen LogP contribution in [0, 0.1) is 5.92 Å². The van der Waals surface area contributed by atoms with Gasteiger partial charge in [-0.15, -0.1) is 0 Å². The predicted octanol–water partition coefficient (Wildman–Crippen LogP) is 3.78. The Labute approximate surface area is 153 Å². The minimum atomic E-state index is -3.26. The number of sulfone groups is 1. The summed E-state index contributed by atoms with van der Waals surface area (Å²) >= 11 is 0. The van der Waals surface area contributed by atoms with E-state index in [9.17, 15) is 13.2 Å². The minimum Gasteiger partial charge on any atom is -0.457 e. The van der Waals surface area contributed by atoms with Crippen LogP contribution in [0.15, 0.2) is 66.1 Å². The zero-order chi connectivity index (χ0) is 18.7. The van der Waals surface area contributed by atoms with Gasteiger partial charge in [-0.1, -0.05) is 32.0 Å². The Morgan fingerprint density at radius 2 is 1.65 bits per heavy atom. The van der Waals surface area contributed by atoms with Crippen LogP contribution in [0.5, 0.6) is 11.5 Å². The molecule has 1 atom stereocenters. The number of nitrogens with zero attached hydrogens (tertiary/aromatic N) is 1. The topological polar surface area (TPSA) is 63.7 Å². The van der Waals surface area contributed by atoms with Gasteiger partial charge in [-0.2, -0.15) is 0 Å². The Balaban J connectivity index is 1.85. The molecule has 0 aliphatic carbocycles. The lowest BCUT2D eigenvalue weighted by Gasteiger charge is -2.29. The van der Waals surface area contributed by atoms with Gasteiger partial charge in [-0.3, -0.25) is 4.79 Å². The Bertz CT molecular complexity index is 903. The van der Waals surface area contributed by atoms with E-state index >= 15 is 0 Å². The first kappa shape index (κ1) is 18.2. The molecule has 1 heterocycles. The van der Waals surface area contributed by atoms with Crippen LogP contribution in [0.2, 0.25) is 0 Å². The van der Waals surface area contributed by atoms with Gasteiger partial charge in [0, 0.05) is 17.0 Å². The van der Waals surface area contributed by atoms with Crippen LogP contribution in [0.4, 0.5) is 5.69 Å². The molecule has 1 aliphatic rings. The molecule has 3 rings (SSSR count). The Hall–Kier alpha value is -2.60. The summed E-state index contributed by atoms with van der Waals surface area (Å²) in [6, 6.07) is 16.0. The first-order valence-electron chi connectivity index (χ1n) is 8.43. The molecule has 136 valence electrons. The van der Waals surface area contributed by atoms with Crippen molar-refractivity contribution in [1.29, 1.82) is 0 Å². The summed E-state index contributed by atoms with van der Waals surface area (Å²) in [6.07, 6.45) is 1.57. The molecular formula is C20H21NO4S. The number of amides is 1.